The van der Waals surface area contributed by atoms with Gasteiger partial charge in [0, 0.05) is 7.11 Å². The summed E-state index contributed by atoms with van der Waals surface area (Å²) in [4.78, 5) is 0. The molecule has 0 aliphatic carbocycles. The number of methoxy groups -OCH3 is 1. The molecule has 0 amide bonds. The van der Waals surface area contributed by atoms with E-state index < -0.39 is 0 Å². The third kappa shape index (κ3) is 9.88. The summed E-state index contributed by atoms with van der Waals surface area (Å²) in [5.74, 6) is 0.873. The van der Waals surface area contributed by atoms with Gasteiger partial charge in [-0.25, -0.2) is 0 Å². The second-order valence-electron chi connectivity index (χ2n) is 4.43. The van der Waals surface area contributed by atoms with Crippen LogP contribution in [0.3, 0.4) is 0 Å². The Labute approximate surface area is 83.9 Å². The molecular weight excluding hydrogens is 160 g/mol. The maximum atomic E-state index is 5.19. The molecule has 1 heteroatoms. The Hall–Kier alpha value is -0.0400. The van der Waals surface area contributed by atoms with Crippen molar-refractivity contribution >= 4 is 0 Å². The van der Waals surface area contributed by atoms with Crippen molar-refractivity contribution in [2.24, 2.45) is 5.92 Å². The van der Waals surface area contributed by atoms with Crippen LogP contribution in [0.1, 0.15) is 59.3 Å². The lowest BCUT2D eigenvalue weighted by molar-refractivity contribution is 0.108. The monoisotopic (exact) mass is 186 g/mol. The van der Waals surface area contributed by atoms with E-state index in [9.17, 15) is 0 Å². The molecule has 0 rings (SSSR count). The lowest BCUT2D eigenvalue weighted by Gasteiger charge is -2.08. The number of rotatable bonds is 8. The van der Waals surface area contributed by atoms with Crippen LogP contribution in [0.4, 0.5) is 0 Å². The molecule has 0 aromatic carbocycles. The van der Waals surface area contributed by atoms with E-state index in [4.69, 9.17) is 4.74 Å². The van der Waals surface area contributed by atoms with E-state index >= 15 is 0 Å². The maximum absolute atomic E-state index is 5.19. The smallest absolute Gasteiger partial charge is 0.0543 e. The van der Waals surface area contributed by atoms with E-state index in [1.165, 1.54) is 38.5 Å². The van der Waals surface area contributed by atoms with Crippen molar-refractivity contribution in [3.63, 3.8) is 0 Å². The van der Waals surface area contributed by atoms with E-state index in [1.807, 2.05) is 0 Å². The van der Waals surface area contributed by atoms with Crippen LogP contribution in [0.15, 0.2) is 0 Å². The number of ether oxygens (including phenoxy) is 1. The molecule has 13 heavy (non-hydrogen) atoms. The molecule has 0 saturated carbocycles. The first-order valence-electron chi connectivity index (χ1n) is 5.69. The van der Waals surface area contributed by atoms with Crippen LogP contribution in [0, 0.1) is 5.92 Å². The minimum Gasteiger partial charge on any atom is -0.382 e. The summed E-state index contributed by atoms with van der Waals surface area (Å²) >= 11 is 0. The Bertz CT molecular complexity index is 99.3. The fourth-order valence-electron chi connectivity index (χ4n) is 1.46. The van der Waals surface area contributed by atoms with Crippen molar-refractivity contribution in [1.29, 1.82) is 0 Å². The second kappa shape index (κ2) is 8.55. The van der Waals surface area contributed by atoms with Crippen molar-refractivity contribution < 1.29 is 4.74 Å². The molecule has 0 aromatic rings. The highest BCUT2D eigenvalue weighted by molar-refractivity contribution is 4.52. The van der Waals surface area contributed by atoms with Gasteiger partial charge >= 0.3 is 0 Å². The van der Waals surface area contributed by atoms with Gasteiger partial charge in [0.2, 0.25) is 0 Å². The molecule has 0 bridgehead atoms. The zero-order chi connectivity index (χ0) is 10.1. The van der Waals surface area contributed by atoms with E-state index in [-0.39, 0.29) is 0 Å². The number of hydrogen-bond acceptors (Lipinski definition) is 1. The van der Waals surface area contributed by atoms with Crippen LogP contribution in [-0.4, -0.2) is 13.2 Å². The standard InChI is InChI=1S/C12H26O/c1-11(2)9-7-5-6-8-10-12(3)13-4/h11-12H,5-10H2,1-4H3. The Balaban J connectivity index is 2.99. The van der Waals surface area contributed by atoms with Gasteiger partial charge in [-0.1, -0.05) is 46.0 Å². The van der Waals surface area contributed by atoms with Crippen LogP contribution in [-0.2, 0) is 4.74 Å². The fraction of sp³-hybridized carbons (Fsp3) is 1.00. The number of unbranched alkanes of at least 4 members (excludes halogenated alkanes) is 3. The summed E-state index contributed by atoms with van der Waals surface area (Å²) in [6.45, 7) is 6.74. The average Bonchev–Trinajstić information content (AvgIpc) is 2.10. The molecule has 1 atom stereocenters. The number of hydrogen-bond donors (Lipinski definition) is 0. The van der Waals surface area contributed by atoms with Crippen LogP contribution < -0.4 is 0 Å². The zero-order valence-corrected chi connectivity index (χ0v) is 9.81. The summed E-state index contributed by atoms with van der Waals surface area (Å²) in [5, 5.41) is 0. The predicted octanol–water partition coefficient (Wildman–Crippen LogP) is 4.02. The molecule has 1 nitrogen and oxygen atoms in total. The molecular formula is C12H26O. The van der Waals surface area contributed by atoms with Gasteiger partial charge in [-0.2, -0.15) is 0 Å². The highest BCUT2D eigenvalue weighted by atomic mass is 16.5. The third-order valence-corrected chi connectivity index (χ3v) is 2.54. The average molecular weight is 186 g/mol. The first kappa shape index (κ1) is 13.0. The van der Waals surface area contributed by atoms with E-state index in [1.54, 1.807) is 7.11 Å². The summed E-state index contributed by atoms with van der Waals surface area (Å²) in [6.07, 6.45) is 8.56. The maximum Gasteiger partial charge on any atom is 0.0543 e. The Kier molecular flexibility index (Phi) is 8.53. The summed E-state index contributed by atoms with van der Waals surface area (Å²) < 4.78 is 5.19. The predicted molar refractivity (Wildman–Crippen MR) is 59.0 cm³/mol. The molecule has 0 heterocycles. The largest absolute Gasteiger partial charge is 0.382 e. The molecule has 80 valence electrons. The topological polar surface area (TPSA) is 9.23 Å². The van der Waals surface area contributed by atoms with E-state index in [0.29, 0.717) is 6.10 Å². The molecule has 0 fully saturated rings. The summed E-state index contributed by atoms with van der Waals surface area (Å²) in [7, 11) is 1.80. The highest BCUT2D eigenvalue weighted by Gasteiger charge is 1.99. The third-order valence-electron chi connectivity index (χ3n) is 2.54. The van der Waals surface area contributed by atoms with Crippen molar-refractivity contribution in [3.05, 3.63) is 0 Å². The van der Waals surface area contributed by atoms with Gasteiger partial charge in [0.15, 0.2) is 0 Å². The molecule has 0 N–H and O–H groups in total. The van der Waals surface area contributed by atoms with E-state index in [2.05, 4.69) is 20.8 Å². The molecule has 0 aromatic heterocycles. The first-order valence-corrected chi connectivity index (χ1v) is 5.69. The van der Waals surface area contributed by atoms with E-state index in [0.717, 1.165) is 5.92 Å². The Morgan fingerprint density at radius 2 is 1.38 bits per heavy atom. The quantitative estimate of drug-likeness (QED) is 0.520. The molecule has 1 unspecified atom stereocenters. The van der Waals surface area contributed by atoms with Crippen molar-refractivity contribution in [2.45, 2.75) is 65.4 Å². The Morgan fingerprint density at radius 3 is 1.85 bits per heavy atom. The lowest BCUT2D eigenvalue weighted by Crippen LogP contribution is -2.03. The van der Waals surface area contributed by atoms with Crippen molar-refractivity contribution in [1.82, 2.24) is 0 Å². The van der Waals surface area contributed by atoms with Crippen molar-refractivity contribution in [3.8, 4) is 0 Å². The normalized spacial score (nSPS) is 13.6. The van der Waals surface area contributed by atoms with Gasteiger partial charge in [-0.3, -0.25) is 0 Å². The van der Waals surface area contributed by atoms with Gasteiger partial charge in [-0.05, 0) is 19.3 Å². The highest BCUT2D eigenvalue weighted by Crippen LogP contribution is 2.11. The van der Waals surface area contributed by atoms with Crippen LogP contribution in [0.2, 0.25) is 0 Å². The van der Waals surface area contributed by atoms with Gasteiger partial charge in [-0.15, -0.1) is 0 Å². The first-order chi connectivity index (χ1) is 6.16. The fourth-order valence-corrected chi connectivity index (χ4v) is 1.46. The molecule has 0 spiro atoms. The molecule has 0 radical (unpaired) electrons. The lowest BCUT2D eigenvalue weighted by atomic mass is 10.0. The van der Waals surface area contributed by atoms with Crippen LogP contribution in [0.25, 0.3) is 0 Å². The summed E-state index contributed by atoms with van der Waals surface area (Å²) in [6, 6.07) is 0. The van der Waals surface area contributed by atoms with Gasteiger partial charge in [0.1, 0.15) is 0 Å². The Morgan fingerprint density at radius 1 is 0.846 bits per heavy atom. The second-order valence-corrected chi connectivity index (χ2v) is 4.43. The zero-order valence-electron chi connectivity index (χ0n) is 9.81. The van der Waals surface area contributed by atoms with Gasteiger partial charge in [0.05, 0.1) is 6.10 Å². The van der Waals surface area contributed by atoms with Gasteiger partial charge in [0.25, 0.3) is 0 Å². The molecule has 0 aliphatic heterocycles. The van der Waals surface area contributed by atoms with Crippen LogP contribution >= 0.6 is 0 Å². The molecule has 0 saturated heterocycles. The minimum atomic E-state index is 0.449. The molecule has 0 aliphatic rings. The SMILES string of the molecule is COC(C)CCCCCCC(C)C. The van der Waals surface area contributed by atoms with Crippen molar-refractivity contribution in [2.75, 3.05) is 7.11 Å². The van der Waals surface area contributed by atoms with Crippen LogP contribution in [0.5, 0.6) is 0 Å². The van der Waals surface area contributed by atoms with Gasteiger partial charge < -0.3 is 4.74 Å². The minimum absolute atomic E-state index is 0.449. The summed E-state index contributed by atoms with van der Waals surface area (Å²) in [5.41, 5.74) is 0.